The van der Waals surface area contributed by atoms with Crippen molar-refractivity contribution in [2.45, 2.75) is 19.8 Å². The molecular weight excluding hydrogens is 102 g/mol. The summed E-state index contributed by atoms with van der Waals surface area (Å²) in [5.41, 5.74) is 0. The molecule has 1 aliphatic heterocycles. The van der Waals surface area contributed by atoms with Crippen LogP contribution in [-0.2, 0) is 0 Å². The van der Waals surface area contributed by atoms with Crippen molar-refractivity contribution in [3.63, 3.8) is 0 Å². The Labute approximate surface area is 49.5 Å². The summed E-state index contributed by atoms with van der Waals surface area (Å²) >= 11 is 0. The van der Waals surface area contributed by atoms with Crippen LogP contribution in [0, 0.1) is 10.8 Å². The first kappa shape index (κ1) is 5.73. The Morgan fingerprint density at radius 3 is 2.75 bits per heavy atom. The molecule has 0 N–H and O–H groups in total. The molecule has 0 amide bonds. The minimum Gasteiger partial charge on any atom is -0.0563 e. The van der Waals surface area contributed by atoms with E-state index < -0.39 is 0 Å². The van der Waals surface area contributed by atoms with Gasteiger partial charge in [-0.05, 0) is 11.2 Å². The molecule has 2 heteroatoms. The third-order valence-electron chi connectivity index (χ3n) is 1.62. The average molecular weight is 114 g/mol. The molecule has 2 nitrogen and oxygen atoms in total. The lowest BCUT2D eigenvalue weighted by Crippen LogP contribution is -2.23. The van der Waals surface area contributed by atoms with E-state index >= 15 is 0 Å². The van der Waals surface area contributed by atoms with Gasteiger partial charge in [-0.3, -0.25) is 0 Å². The van der Waals surface area contributed by atoms with Crippen LogP contribution in [0.1, 0.15) is 19.8 Å². The van der Waals surface area contributed by atoms with Crippen LogP contribution in [0.5, 0.6) is 0 Å². The second-order valence-corrected chi connectivity index (χ2v) is 2.64. The van der Waals surface area contributed by atoms with Gasteiger partial charge in [-0.25, -0.2) is 0 Å². The summed E-state index contributed by atoms with van der Waals surface area (Å²) in [7, 11) is 0. The second kappa shape index (κ2) is 2.25. The zero-order valence-corrected chi connectivity index (χ0v) is 5.26. The lowest BCUT2D eigenvalue weighted by Gasteiger charge is -2.08. The maximum Gasteiger partial charge on any atom is 0.194 e. The maximum absolute atomic E-state index is 10.6. The minimum absolute atomic E-state index is 0.626. The van der Waals surface area contributed by atoms with Gasteiger partial charge >= 0.3 is 0 Å². The highest BCUT2D eigenvalue weighted by Gasteiger charge is 2.20. The molecule has 1 heterocycles. The largest absolute Gasteiger partial charge is 0.194 e. The van der Waals surface area contributed by atoms with Crippen molar-refractivity contribution in [1.29, 1.82) is 0 Å². The van der Waals surface area contributed by atoms with Gasteiger partial charge in [0.15, 0.2) is 13.1 Å². The van der Waals surface area contributed by atoms with Crippen molar-refractivity contribution in [3.05, 3.63) is 4.91 Å². The SMILES string of the molecule is CC1CCC[N+](=O)C1. The Morgan fingerprint density at radius 2 is 2.38 bits per heavy atom. The van der Waals surface area contributed by atoms with Crippen molar-refractivity contribution >= 4 is 0 Å². The summed E-state index contributed by atoms with van der Waals surface area (Å²) in [6.07, 6.45) is 2.32. The highest BCUT2D eigenvalue weighted by Crippen LogP contribution is 2.10. The number of hydrogen-bond donors (Lipinski definition) is 0. The van der Waals surface area contributed by atoms with E-state index in [1.165, 1.54) is 6.42 Å². The van der Waals surface area contributed by atoms with Crippen LogP contribution in [0.15, 0.2) is 0 Å². The zero-order valence-electron chi connectivity index (χ0n) is 5.26. The van der Waals surface area contributed by atoms with Crippen LogP contribution in [0.4, 0.5) is 0 Å². The highest BCUT2D eigenvalue weighted by molar-refractivity contribution is 4.54. The molecule has 0 aromatic carbocycles. The summed E-state index contributed by atoms with van der Waals surface area (Å²) in [6.45, 7) is 3.63. The van der Waals surface area contributed by atoms with E-state index in [4.69, 9.17) is 0 Å². The van der Waals surface area contributed by atoms with E-state index in [0.29, 0.717) is 5.92 Å². The standard InChI is InChI=1S/C6H12NO/c1-6-3-2-4-7(8)5-6/h6H,2-5H2,1H3/q+1. The Bertz CT molecular complexity index is 101. The van der Waals surface area contributed by atoms with Crippen molar-refractivity contribution < 1.29 is 4.76 Å². The average Bonchev–Trinajstić information content (AvgIpc) is 1.64. The molecule has 1 saturated heterocycles. The maximum atomic E-state index is 10.6. The van der Waals surface area contributed by atoms with Gasteiger partial charge in [-0.2, -0.15) is 0 Å². The quantitative estimate of drug-likeness (QED) is 0.433. The Hall–Kier alpha value is -0.400. The minimum atomic E-state index is 0.626. The molecule has 1 unspecified atom stereocenters. The fraction of sp³-hybridized carbons (Fsp3) is 1.00. The lowest BCUT2D eigenvalue weighted by atomic mass is 10.0. The first-order valence-corrected chi connectivity index (χ1v) is 3.21. The van der Waals surface area contributed by atoms with Gasteiger partial charge < -0.3 is 0 Å². The Balaban J connectivity index is 2.34. The molecule has 0 saturated carbocycles. The molecule has 0 aromatic rings. The number of nitroso groups, excluding NO2 is 1. The van der Waals surface area contributed by atoms with Crippen molar-refractivity contribution in [3.8, 4) is 0 Å². The smallest absolute Gasteiger partial charge is 0.0563 e. The van der Waals surface area contributed by atoms with Gasteiger partial charge in [-0.15, -0.1) is 0 Å². The number of nitrogens with zero attached hydrogens (tertiary/aromatic N) is 1. The van der Waals surface area contributed by atoms with Crippen LogP contribution >= 0.6 is 0 Å². The fourth-order valence-electron chi connectivity index (χ4n) is 1.15. The molecule has 1 rings (SSSR count). The van der Waals surface area contributed by atoms with E-state index in [1.54, 1.807) is 0 Å². The third-order valence-corrected chi connectivity index (χ3v) is 1.62. The van der Waals surface area contributed by atoms with E-state index in [0.717, 1.165) is 24.3 Å². The summed E-state index contributed by atoms with van der Waals surface area (Å²) < 4.78 is 1.16. The number of rotatable bonds is 0. The van der Waals surface area contributed by atoms with Gasteiger partial charge in [-0.1, -0.05) is 6.92 Å². The molecule has 1 atom stereocenters. The Kier molecular flexibility index (Phi) is 1.61. The van der Waals surface area contributed by atoms with E-state index in [-0.39, 0.29) is 0 Å². The monoisotopic (exact) mass is 114 g/mol. The predicted molar refractivity (Wildman–Crippen MR) is 31.8 cm³/mol. The van der Waals surface area contributed by atoms with Crippen LogP contribution < -0.4 is 0 Å². The van der Waals surface area contributed by atoms with E-state index in [1.807, 2.05) is 0 Å². The zero-order chi connectivity index (χ0) is 5.98. The third kappa shape index (κ3) is 1.29. The molecule has 0 radical (unpaired) electrons. The fourth-order valence-corrected chi connectivity index (χ4v) is 1.15. The summed E-state index contributed by atoms with van der Waals surface area (Å²) in [5.74, 6) is 0.626. The van der Waals surface area contributed by atoms with E-state index in [2.05, 4.69) is 6.92 Å². The van der Waals surface area contributed by atoms with Crippen LogP contribution in [0.25, 0.3) is 0 Å². The normalized spacial score (nSPS) is 30.6. The number of piperidine rings is 1. The molecule has 46 valence electrons. The molecule has 0 aromatic heterocycles. The number of hydrogen-bond acceptors (Lipinski definition) is 1. The second-order valence-electron chi connectivity index (χ2n) is 2.64. The lowest BCUT2D eigenvalue weighted by molar-refractivity contribution is -0.564. The van der Waals surface area contributed by atoms with Gasteiger partial charge in [0.2, 0.25) is 0 Å². The molecule has 0 bridgehead atoms. The Morgan fingerprint density at radius 1 is 1.62 bits per heavy atom. The topological polar surface area (TPSA) is 20.1 Å². The summed E-state index contributed by atoms with van der Waals surface area (Å²) in [5, 5.41) is 0. The van der Waals surface area contributed by atoms with Gasteiger partial charge in [0.1, 0.15) is 0 Å². The summed E-state index contributed by atoms with van der Waals surface area (Å²) in [6, 6.07) is 0. The van der Waals surface area contributed by atoms with Gasteiger partial charge in [0, 0.05) is 17.2 Å². The predicted octanol–water partition coefficient (Wildman–Crippen LogP) is 1.20. The molecule has 0 spiro atoms. The van der Waals surface area contributed by atoms with E-state index in [9.17, 15) is 4.91 Å². The van der Waals surface area contributed by atoms with Crippen LogP contribution in [-0.4, -0.2) is 17.8 Å². The summed E-state index contributed by atoms with van der Waals surface area (Å²) in [4.78, 5) is 10.6. The molecule has 1 fully saturated rings. The highest BCUT2D eigenvalue weighted by atomic mass is 16.3. The first-order chi connectivity index (χ1) is 3.79. The molecule has 8 heavy (non-hydrogen) atoms. The van der Waals surface area contributed by atoms with Crippen molar-refractivity contribution in [2.75, 3.05) is 13.1 Å². The van der Waals surface area contributed by atoms with Gasteiger partial charge in [0.05, 0.1) is 0 Å². The first-order valence-electron chi connectivity index (χ1n) is 3.21. The molecule has 0 aliphatic carbocycles. The van der Waals surface area contributed by atoms with Crippen molar-refractivity contribution in [2.24, 2.45) is 5.92 Å². The van der Waals surface area contributed by atoms with Crippen LogP contribution in [0.3, 0.4) is 0 Å². The molecule has 1 aliphatic rings. The van der Waals surface area contributed by atoms with Crippen molar-refractivity contribution in [1.82, 2.24) is 0 Å². The van der Waals surface area contributed by atoms with Gasteiger partial charge in [0.25, 0.3) is 0 Å². The molecular formula is C6H12NO+. The van der Waals surface area contributed by atoms with Crippen LogP contribution in [0.2, 0.25) is 0 Å².